The van der Waals surface area contributed by atoms with E-state index in [2.05, 4.69) is 56.7 Å². The molecule has 0 bridgehead atoms. The predicted molar refractivity (Wildman–Crippen MR) is 219 cm³/mol. The summed E-state index contributed by atoms with van der Waals surface area (Å²) < 4.78 is 18.9. The molecular formula is C41H39Cl3IN3O4. The number of carbonyl (C=O) groups excluding carboxylic acids is 1. The van der Waals surface area contributed by atoms with Gasteiger partial charge < -0.3 is 19.1 Å². The van der Waals surface area contributed by atoms with Gasteiger partial charge in [-0.1, -0.05) is 65.7 Å². The molecule has 0 N–H and O–H groups in total. The number of aromatic nitrogens is 1. The summed E-state index contributed by atoms with van der Waals surface area (Å²) in [5.74, 6) is 2.38. The molecule has 0 radical (unpaired) electrons. The van der Waals surface area contributed by atoms with Gasteiger partial charge in [-0.2, -0.15) is 0 Å². The van der Waals surface area contributed by atoms with E-state index in [1.54, 1.807) is 36.5 Å². The van der Waals surface area contributed by atoms with Crippen LogP contribution in [-0.2, 0) is 24.4 Å². The lowest BCUT2D eigenvalue weighted by atomic mass is 10.1. The fraction of sp³-hybridized carbons (Fsp3) is 0.220. The first-order valence-corrected chi connectivity index (χ1v) is 18.6. The van der Waals surface area contributed by atoms with Crippen molar-refractivity contribution < 1.29 is 19.0 Å². The molecule has 0 spiro atoms. The molecule has 0 aliphatic carbocycles. The van der Waals surface area contributed by atoms with Gasteiger partial charge in [-0.25, -0.2) is 4.98 Å². The number of amides is 1. The van der Waals surface area contributed by atoms with E-state index in [1.165, 1.54) is 14.7 Å². The van der Waals surface area contributed by atoms with E-state index in [1.807, 2.05) is 66.4 Å². The summed E-state index contributed by atoms with van der Waals surface area (Å²) in [4.78, 5) is 21.7. The monoisotopic (exact) mass is 869 g/mol. The fourth-order valence-electron chi connectivity index (χ4n) is 5.66. The average molecular weight is 871 g/mol. The van der Waals surface area contributed by atoms with Crippen LogP contribution in [0.15, 0.2) is 109 Å². The summed E-state index contributed by atoms with van der Waals surface area (Å²) in [7, 11) is 0. The van der Waals surface area contributed by atoms with E-state index < -0.39 is 0 Å². The standard InChI is InChI=1S/C41H38Cl2IN3O4.ClH/c1-29-24-32(25-38(43)41(29)51-39-16-15-36(26-45-39)50-28-33-4-2-3-5-37(33)42)10-17-40(48)47-21-19-46(20-22-47)27-31-8-6-30(7-9-31)18-23-49-35-13-11-34(44)12-14-35;/h2-17,24-26H,18-23,27-28H2,1H3;1H/b17-10+;. The number of carbonyl (C=O) groups is 1. The third-order valence-electron chi connectivity index (χ3n) is 8.52. The number of benzene rings is 4. The summed E-state index contributed by atoms with van der Waals surface area (Å²) in [6, 6.07) is 31.6. The van der Waals surface area contributed by atoms with Gasteiger partial charge in [0.25, 0.3) is 0 Å². The van der Waals surface area contributed by atoms with Crippen LogP contribution in [0.2, 0.25) is 10.0 Å². The third-order valence-corrected chi connectivity index (χ3v) is 9.89. The third kappa shape index (κ3) is 11.3. The number of piperazine rings is 1. The molecule has 4 aromatic carbocycles. The van der Waals surface area contributed by atoms with E-state index >= 15 is 0 Å². The highest BCUT2D eigenvalue weighted by atomic mass is 127. The Bertz CT molecular complexity index is 1930. The Morgan fingerprint density at radius 1 is 0.846 bits per heavy atom. The van der Waals surface area contributed by atoms with E-state index in [0.29, 0.717) is 53.7 Å². The molecule has 270 valence electrons. The van der Waals surface area contributed by atoms with Crippen LogP contribution < -0.4 is 14.2 Å². The van der Waals surface area contributed by atoms with E-state index in [9.17, 15) is 4.79 Å². The van der Waals surface area contributed by atoms with Gasteiger partial charge in [-0.15, -0.1) is 12.4 Å². The Morgan fingerprint density at radius 3 is 2.25 bits per heavy atom. The molecular weight excluding hydrogens is 832 g/mol. The lowest BCUT2D eigenvalue weighted by Gasteiger charge is -2.34. The van der Waals surface area contributed by atoms with Gasteiger partial charge in [0.05, 0.1) is 17.8 Å². The van der Waals surface area contributed by atoms with Crippen LogP contribution in [0.3, 0.4) is 0 Å². The van der Waals surface area contributed by atoms with Crippen LogP contribution in [0.5, 0.6) is 23.1 Å². The highest BCUT2D eigenvalue weighted by Gasteiger charge is 2.20. The van der Waals surface area contributed by atoms with Crippen LogP contribution in [0.4, 0.5) is 0 Å². The van der Waals surface area contributed by atoms with Crippen molar-refractivity contribution in [2.45, 2.75) is 26.5 Å². The zero-order valence-electron chi connectivity index (χ0n) is 28.6. The van der Waals surface area contributed by atoms with Crippen LogP contribution in [0.1, 0.15) is 27.8 Å². The molecule has 7 nitrogen and oxygen atoms in total. The van der Waals surface area contributed by atoms with Gasteiger partial charge in [0, 0.05) is 65.4 Å². The number of pyridine rings is 1. The molecule has 1 aliphatic heterocycles. The first-order chi connectivity index (χ1) is 24.8. The molecule has 1 fully saturated rings. The second-order valence-corrected chi connectivity index (χ2v) is 14.3. The summed E-state index contributed by atoms with van der Waals surface area (Å²) in [6.07, 6.45) is 5.87. The van der Waals surface area contributed by atoms with Crippen LogP contribution in [0.25, 0.3) is 6.08 Å². The predicted octanol–water partition coefficient (Wildman–Crippen LogP) is 10.1. The maximum Gasteiger partial charge on any atom is 0.246 e. The largest absolute Gasteiger partial charge is 0.493 e. The maximum atomic E-state index is 13.0. The normalized spacial score (nSPS) is 13.1. The number of ether oxygens (including phenoxy) is 3. The van der Waals surface area contributed by atoms with Crippen molar-refractivity contribution in [3.63, 3.8) is 0 Å². The smallest absolute Gasteiger partial charge is 0.246 e. The molecule has 6 rings (SSSR count). The molecule has 52 heavy (non-hydrogen) atoms. The highest BCUT2D eigenvalue weighted by Crippen LogP contribution is 2.34. The number of hydrogen-bond donors (Lipinski definition) is 0. The molecule has 1 aromatic heterocycles. The molecule has 0 saturated carbocycles. The van der Waals surface area contributed by atoms with Gasteiger partial charge in [0.15, 0.2) is 5.75 Å². The Hall–Kier alpha value is -3.80. The quantitative estimate of drug-likeness (QED) is 0.0868. The lowest BCUT2D eigenvalue weighted by molar-refractivity contribution is -0.127. The first-order valence-electron chi connectivity index (χ1n) is 16.7. The Labute approximate surface area is 335 Å². The zero-order valence-corrected chi connectivity index (χ0v) is 33.1. The number of hydrogen-bond acceptors (Lipinski definition) is 6. The number of nitrogens with zero attached hydrogens (tertiary/aromatic N) is 3. The second-order valence-electron chi connectivity index (χ2n) is 12.3. The number of aryl methyl sites for hydroxylation is 1. The van der Waals surface area contributed by atoms with Crippen molar-refractivity contribution in [2.75, 3.05) is 32.8 Å². The Kier molecular flexibility index (Phi) is 14.6. The number of rotatable bonds is 13. The van der Waals surface area contributed by atoms with Crippen molar-refractivity contribution in [3.05, 3.63) is 151 Å². The number of halogens is 4. The van der Waals surface area contributed by atoms with Gasteiger partial charge in [-0.05, 0) is 106 Å². The Morgan fingerprint density at radius 2 is 1.56 bits per heavy atom. The minimum absolute atomic E-state index is 0. The molecule has 5 aromatic rings. The van der Waals surface area contributed by atoms with E-state index in [0.717, 1.165) is 48.5 Å². The van der Waals surface area contributed by atoms with Gasteiger partial charge in [0.1, 0.15) is 18.1 Å². The maximum absolute atomic E-state index is 13.0. The summed E-state index contributed by atoms with van der Waals surface area (Å²) in [5, 5.41) is 1.09. The van der Waals surface area contributed by atoms with Crippen molar-refractivity contribution in [1.29, 1.82) is 0 Å². The van der Waals surface area contributed by atoms with Crippen LogP contribution in [-0.4, -0.2) is 53.5 Å². The summed E-state index contributed by atoms with van der Waals surface area (Å²) in [5.41, 5.74) is 5.06. The SMILES string of the molecule is Cc1cc(/C=C/C(=O)N2CCN(Cc3ccc(CCOc4ccc(I)cc4)cc3)CC2)cc(Cl)c1Oc1ccc(OCc2ccccc2Cl)cn1.Cl. The highest BCUT2D eigenvalue weighted by molar-refractivity contribution is 14.1. The topological polar surface area (TPSA) is 64.1 Å². The summed E-state index contributed by atoms with van der Waals surface area (Å²) in [6.45, 7) is 6.77. The molecule has 1 amide bonds. The van der Waals surface area contributed by atoms with Crippen molar-refractivity contribution >= 4 is 70.2 Å². The van der Waals surface area contributed by atoms with Gasteiger partial charge in [0.2, 0.25) is 11.8 Å². The van der Waals surface area contributed by atoms with E-state index in [4.69, 9.17) is 37.4 Å². The lowest BCUT2D eigenvalue weighted by Crippen LogP contribution is -2.47. The van der Waals surface area contributed by atoms with Crippen molar-refractivity contribution in [2.24, 2.45) is 0 Å². The van der Waals surface area contributed by atoms with Crippen LogP contribution in [0, 0.1) is 10.5 Å². The molecule has 0 atom stereocenters. The minimum Gasteiger partial charge on any atom is -0.493 e. The van der Waals surface area contributed by atoms with Gasteiger partial charge in [-0.3, -0.25) is 9.69 Å². The Balaban J connectivity index is 0.00000523. The summed E-state index contributed by atoms with van der Waals surface area (Å²) >= 11 is 15.1. The zero-order chi connectivity index (χ0) is 35.6. The van der Waals surface area contributed by atoms with Crippen molar-refractivity contribution in [3.8, 4) is 23.1 Å². The minimum atomic E-state index is -0.0124. The first kappa shape index (κ1) is 39.4. The fourth-order valence-corrected chi connectivity index (χ4v) is 6.53. The van der Waals surface area contributed by atoms with E-state index in [-0.39, 0.29) is 18.3 Å². The molecule has 2 heterocycles. The van der Waals surface area contributed by atoms with Gasteiger partial charge >= 0.3 is 0 Å². The average Bonchev–Trinajstić information content (AvgIpc) is 3.14. The van der Waals surface area contributed by atoms with Crippen molar-refractivity contribution in [1.82, 2.24) is 14.8 Å². The molecule has 1 aliphatic rings. The van der Waals surface area contributed by atoms with Crippen LogP contribution >= 0.6 is 58.2 Å². The molecule has 1 saturated heterocycles. The molecule has 11 heteroatoms. The second kappa shape index (κ2) is 19.3. The molecule has 0 unspecified atom stereocenters.